The van der Waals surface area contributed by atoms with E-state index >= 15 is 4.39 Å². The average molecular weight is 420 g/mol. The average Bonchev–Trinajstić information content (AvgIpc) is 2.69. The van der Waals surface area contributed by atoms with Gasteiger partial charge in [0, 0.05) is 18.2 Å². The fourth-order valence-corrected chi connectivity index (χ4v) is 3.13. The Morgan fingerprint density at radius 3 is 2.50 bits per heavy atom. The van der Waals surface area contributed by atoms with Crippen molar-refractivity contribution in [3.05, 3.63) is 57.5 Å². The molecule has 0 aliphatic rings. The Balaban J connectivity index is 2.03. The highest BCUT2D eigenvalue weighted by Gasteiger charge is 2.23. The first-order valence-corrected chi connectivity index (χ1v) is 9.57. The summed E-state index contributed by atoms with van der Waals surface area (Å²) in [6, 6.07) is 4.78. The van der Waals surface area contributed by atoms with Crippen LogP contribution < -0.4 is 16.9 Å². The Labute approximate surface area is 171 Å². The summed E-state index contributed by atoms with van der Waals surface area (Å²) in [7, 11) is 0. The highest BCUT2D eigenvalue weighted by atomic mass is 19.1. The lowest BCUT2D eigenvalue weighted by molar-refractivity contribution is 0.110. The van der Waals surface area contributed by atoms with Crippen LogP contribution >= 0.6 is 0 Å². The topological polar surface area (TPSA) is 91.5 Å². The third-order valence-corrected chi connectivity index (χ3v) is 4.78. The van der Waals surface area contributed by atoms with E-state index in [1.807, 2.05) is 0 Å². The second kappa shape index (κ2) is 8.79. The first kappa shape index (κ1) is 21.7. The van der Waals surface area contributed by atoms with E-state index in [1.54, 1.807) is 0 Å². The molecule has 1 aromatic heterocycles. The maximum atomic E-state index is 15.1. The highest BCUT2D eigenvalue weighted by molar-refractivity contribution is 5.91. The molecule has 0 aliphatic heterocycles. The van der Waals surface area contributed by atoms with Gasteiger partial charge in [-0.25, -0.2) is 13.2 Å². The van der Waals surface area contributed by atoms with Gasteiger partial charge in [0.2, 0.25) is 0 Å². The normalized spacial score (nSPS) is 11.5. The summed E-state index contributed by atoms with van der Waals surface area (Å²) >= 11 is 0. The van der Waals surface area contributed by atoms with E-state index in [9.17, 15) is 13.6 Å². The van der Waals surface area contributed by atoms with Crippen LogP contribution in [0.1, 0.15) is 32.3 Å². The predicted molar refractivity (Wildman–Crippen MR) is 110 cm³/mol. The number of rotatable bonds is 7. The van der Waals surface area contributed by atoms with E-state index in [4.69, 9.17) is 20.6 Å². The molecule has 4 N–H and O–H groups in total. The molecule has 30 heavy (non-hydrogen) atoms. The summed E-state index contributed by atoms with van der Waals surface area (Å²) in [6.07, 6.45) is 1.66. The van der Waals surface area contributed by atoms with E-state index in [-0.39, 0.29) is 23.6 Å². The van der Waals surface area contributed by atoms with Crippen LogP contribution in [0.4, 0.5) is 24.5 Å². The van der Waals surface area contributed by atoms with Gasteiger partial charge >= 0.3 is 0 Å². The first-order valence-electron chi connectivity index (χ1n) is 9.57. The van der Waals surface area contributed by atoms with Gasteiger partial charge in [-0.3, -0.25) is 4.79 Å². The van der Waals surface area contributed by atoms with Crippen molar-refractivity contribution in [2.45, 2.75) is 33.3 Å². The summed E-state index contributed by atoms with van der Waals surface area (Å²) in [6.45, 7) is 4.09. The maximum Gasteiger partial charge on any atom is 0.195 e. The van der Waals surface area contributed by atoms with Crippen molar-refractivity contribution in [1.82, 2.24) is 0 Å². The van der Waals surface area contributed by atoms with Gasteiger partial charge in [-0.2, -0.15) is 0 Å². The Morgan fingerprint density at radius 2 is 1.83 bits per heavy atom. The van der Waals surface area contributed by atoms with Gasteiger partial charge in [0.15, 0.2) is 22.6 Å². The molecule has 3 aromatic rings. The summed E-state index contributed by atoms with van der Waals surface area (Å²) < 4.78 is 54.4. The Hall–Kier alpha value is -3.00. The number of fused-ring (bicyclic) bond motifs is 1. The molecule has 0 aliphatic carbocycles. The van der Waals surface area contributed by atoms with E-state index in [2.05, 4.69) is 13.8 Å². The molecule has 0 unspecified atom stereocenters. The van der Waals surface area contributed by atoms with Gasteiger partial charge in [0.1, 0.15) is 11.6 Å². The molecule has 1 heterocycles. The van der Waals surface area contributed by atoms with E-state index in [1.165, 1.54) is 12.1 Å². The zero-order chi connectivity index (χ0) is 22.0. The molecule has 5 nitrogen and oxygen atoms in total. The van der Waals surface area contributed by atoms with Crippen molar-refractivity contribution in [2.75, 3.05) is 18.1 Å². The minimum atomic E-state index is -1.07. The van der Waals surface area contributed by atoms with Crippen molar-refractivity contribution in [3.8, 4) is 11.3 Å². The number of hydrogen-bond donors (Lipinski definition) is 2. The molecule has 8 heteroatoms. The lowest BCUT2D eigenvalue weighted by atomic mass is 10.1. The molecular weight excluding hydrogens is 397 g/mol. The van der Waals surface area contributed by atoms with Crippen LogP contribution in [0.15, 0.2) is 33.5 Å². The van der Waals surface area contributed by atoms with Crippen LogP contribution in [0.2, 0.25) is 0 Å². The van der Waals surface area contributed by atoms with Crippen LogP contribution in [-0.2, 0) is 11.3 Å². The number of hydrogen-bond acceptors (Lipinski definition) is 5. The SMILES string of the molecule is CC(C)CCCOCc1c(F)c(N)c2c(=O)cc(-c3ccc(N)c(F)c3)oc2c1F. The molecule has 0 saturated carbocycles. The lowest BCUT2D eigenvalue weighted by Crippen LogP contribution is -2.11. The minimum absolute atomic E-state index is 0.0868. The molecule has 3 rings (SSSR count). The van der Waals surface area contributed by atoms with Crippen LogP contribution in [0.5, 0.6) is 0 Å². The van der Waals surface area contributed by atoms with E-state index < -0.39 is 45.1 Å². The second-order valence-corrected chi connectivity index (χ2v) is 7.52. The molecule has 160 valence electrons. The molecule has 0 fully saturated rings. The number of benzene rings is 2. The van der Waals surface area contributed by atoms with E-state index in [0.29, 0.717) is 12.5 Å². The number of nitrogen functional groups attached to an aromatic ring is 2. The Kier molecular flexibility index (Phi) is 6.36. The second-order valence-electron chi connectivity index (χ2n) is 7.52. The third-order valence-electron chi connectivity index (χ3n) is 4.78. The Morgan fingerprint density at radius 1 is 1.10 bits per heavy atom. The zero-order valence-electron chi connectivity index (χ0n) is 16.7. The summed E-state index contributed by atoms with van der Waals surface area (Å²) in [5, 5.41) is -0.409. The maximum absolute atomic E-state index is 15.1. The van der Waals surface area contributed by atoms with Crippen LogP contribution in [0, 0.1) is 23.4 Å². The fraction of sp³-hybridized carbons (Fsp3) is 0.318. The number of nitrogens with two attached hydrogens (primary N) is 2. The first-order chi connectivity index (χ1) is 14.2. The van der Waals surface area contributed by atoms with Gasteiger partial charge < -0.3 is 20.6 Å². The van der Waals surface area contributed by atoms with Crippen LogP contribution in [-0.4, -0.2) is 6.61 Å². The molecule has 2 aromatic carbocycles. The quantitative estimate of drug-likeness (QED) is 0.415. The third kappa shape index (κ3) is 4.28. The summed E-state index contributed by atoms with van der Waals surface area (Å²) in [4.78, 5) is 12.5. The fourth-order valence-electron chi connectivity index (χ4n) is 3.13. The van der Waals surface area contributed by atoms with Crippen LogP contribution in [0.3, 0.4) is 0 Å². The molecule has 0 saturated heterocycles. The zero-order valence-corrected chi connectivity index (χ0v) is 16.7. The van der Waals surface area contributed by atoms with Crippen molar-refractivity contribution < 1.29 is 22.3 Å². The molecule has 0 bridgehead atoms. The van der Waals surface area contributed by atoms with Gasteiger partial charge in [0.25, 0.3) is 0 Å². The van der Waals surface area contributed by atoms with Crippen molar-refractivity contribution in [1.29, 1.82) is 0 Å². The molecule has 0 spiro atoms. The van der Waals surface area contributed by atoms with Gasteiger partial charge in [0.05, 0.1) is 28.9 Å². The van der Waals surface area contributed by atoms with Gasteiger partial charge in [-0.05, 0) is 37.0 Å². The van der Waals surface area contributed by atoms with E-state index in [0.717, 1.165) is 25.0 Å². The minimum Gasteiger partial charge on any atom is -0.453 e. The molecule has 0 radical (unpaired) electrons. The van der Waals surface area contributed by atoms with Crippen molar-refractivity contribution >= 4 is 22.3 Å². The van der Waals surface area contributed by atoms with Crippen molar-refractivity contribution in [3.63, 3.8) is 0 Å². The number of anilines is 2. The highest BCUT2D eigenvalue weighted by Crippen LogP contribution is 2.32. The number of ether oxygens (including phenoxy) is 1. The summed E-state index contributed by atoms with van der Waals surface area (Å²) in [5.41, 5.74) is 9.11. The number of halogens is 3. The molecule has 0 atom stereocenters. The molecule has 0 amide bonds. The monoisotopic (exact) mass is 420 g/mol. The lowest BCUT2D eigenvalue weighted by Gasteiger charge is -2.12. The largest absolute Gasteiger partial charge is 0.453 e. The summed E-state index contributed by atoms with van der Waals surface area (Å²) in [5.74, 6) is -2.45. The van der Waals surface area contributed by atoms with Crippen LogP contribution in [0.25, 0.3) is 22.3 Å². The van der Waals surface area contributed by atoms with Gasteiger partial charge in [-0.15, -0.1) is 0 Å². The smallest absolute Gasteiger partial charge is 0.195 e. The van der Waals surface area contributed by atoms with Crippen molar-refractivity contribution in [2.24, 2.45) is 5.92 Å². The standard InChI is InChI=1S/C22H23F3N2O3/c1-11(2)4-3-7-29-10-13-19(24)21(27)18-16(28)9-17(30-22(18)20(13)25)12-5-6-15(26)14(23)8-12/h5-6,8-9,11H,3-4,7,10,26-27H2,1-2H3. The van der Waals surface area contributed by atoms with Gasteiger partial charge in [-0.1, -0.05) is 13.8 Å². The predicted octanol–water partition coefficient (Wildman–Crippen LogP) is 4.99. The molecular formula is C22H23F3N2O3. The Bertz CT molecular complexity index is 1140.